The first-order chi connectivity index (χ1) is 9.93. The molecule has 0 bridgehead atoms. The number of aromatic nitrogens is 1. The van der Waals surface area contributed by atoms with Crippen LogP contribution in [0.5, 0.6) is 0 Å². The molecule has 3 unspecified atom stereocenters. The average molecular weight is 302 g/mol. The third-order valence-electron chi connectivity index (χ3n) is 4.85. The van der Waals surface area contributed by atoms with Gasteiger partial charge in [-0.05, 0) is 42.7 Å². The van der Waals surface area contributed by atoms with Crippen LogP contribution in [-0.4, -0.2) is 16.3 Å². The van der Waals surface area contributed by atoms with Crippen molar-refractivity contribution in [3.8, 4) is 0 Å². The first-order valence-corrected chi connectivity index (χ1v) is 8.81. The summed E-state index contributed by atoms with van der Waals surface area (Å²) >= 11 is 1.94. The van der Waals surface area contributed by atoms with Crippen molar-refractivity contribution in [3.05, 3.63) is 30.3 Å². The molecule has 1 saturated carbocycles. The minimum Gasteiger partial charge on any atom is -0.350 e. The van der Waals surface area contributed by atoms with E-state index in [-0.39, 0.29) is 0 Å². The van der Waals surface area contributed by atoms with Gasteiger partial charge in [-0.15, -0.1) is 11.8 Å². The number of H-pyrrole nitrogens is 1. The Morgan fingerprint density at radius 3 is 2.67 bits per heavy atom. The molecule has 0 aliphatic heterocycles. The van der Waals surface area contributed by atoms with Gasteiger partial charge in [0.25, 0.3) is 0 Å². The SMILES string of the molecule is CC(C)(C)C1CCC(N)C(Sc2cc3ccccc3[nH]2)C1. The maximum absolute atomic E-state index is 6.39. The highest BCUT2D eigenvalue weighted by Gasteiger charge is 2.35. The van der Waals surface area contributed by atoms with Crippen molar-refractivity contribution in [2.24, 2.45) is 17.1 Å². The number of nitrogens with two attached hydrogens (primary N) is 1. The van der Waals surface area contributed by atoms with Crippen LogP contribution in [0.4, 0.5) is 0 Å². The summed E-state index contributed by atoms with van der Waals surface area (Å²) in [5, 5.41) is 3.07. The fraction of sp³-hybridized carbons (Fsp3) is 0.556. The zero-order valence-corrected chi connectivity index (χ0v) is 14.0. The molecule has 1 aliphatic carbocycles. The van der Waals surface area contributed by atoms with E-state index in [1.165, 1.54) is 28.8 Å². The number of thioether (sulfide) groups is 1. The van der Waals surface area contributed by atoms with Gasteiger partial charge < -0.3 is 10.7 Å². The molecule has 0 spiro atoms. The molecule has 0 saturated heterocycles. The minimum atomic E-state index is 0.319. The van der Waals surface area contributed by atoms with Crippen LogP contribution in [0.25, 0.3) is 10.9 Å². The lowest BCUT2D eigenvalue weighted by atomic mass is 9.71. The highest BCUT2D eigenvalue weighted by molar-refractivity contribution is 7.99. The van der Waals surface area contributed by atoms with Gasteiger partial charge in [0.1, 0.15) is 0 Å². The van der Waals surface area contributed by atoms with E-state index in [2.05, 4.69) is 56.1 Å². The Morgan fingerprint density at radius 2 is 1.95 bits per heavy atom. The lowest BCUT2D eigenvalue weighted by Crippen LogP contribution is -2.41. The number of benzene rings is 1. The number of hydrogen-bond donors (Lipinski definition) is 2. The first kappa shape index (κ1) is 15.0. The molecule has 21 heavy (non-hydrogen) atoms. The predicted octanol–water partition coefficient (Wildman–Crippen LogP) is 4.80. The Hall–Kier alpha value is -0.930. The largest absolute Gasteiger partial charge is 0.350 e. The highest BCUT2D eigenvalue weighted by Crippen LogP contribution is 2.43. The number of nitrogens with one attached hydrogen (secondary N) is 1. The van der Waals surface area contributed by atoms with Gasteiger partial charge in [-0.2, -0.15) is 0 Å². The molecule has 3 rings (SSSR count). The summed E-state index contributed by atoms with van der Waals surface area (Å²) in [6.45, 7) is 7.08. The molecule has 3 N–H and O–H groups in total. The van der Waals surface area contributed by atoms with Gasteiger partial charge in [0.05, 0.1) is 5.03 Å². The average Bonchev–Trinajstić information content (AvgIpc) is 2.82. The van der Waals surface area contributed by atoms with E-state index in [0.717, 1.165) is 12.3 Å². The molecule has 2 aromatic rings. The molecule has 1 aromatic carbocycles. The van der Waals surface area contributed by atoms with Crippen LogP contribution >= 0.6 is 11.8 Å². The highest BCUT2D eigenvalue weighted by atomic mass is 32.2. The third-order valence-corrected chi connectivity index (χ3v) is 6.17. The van der Waals surface area contributed by atoms with Gasteiger partial charge in [0.15, 0.2) is 0 Å². The van der Waals surface area contributed by atoms with E-state index < -0.39 is 0 Å². The van der Waals surface area contributed by atoms with Crippen molar-refractivity contribution in [1.82, 2.24) is 4.98 Å². The molecule has 1 aromatic heterocycles. The Bertz CT molecular complexity index is 578. The second-order valence-corrected chi connectivity index (χ2v) is 8.70. The first-order valence-electron chi connectivity index (χ1n) is 7.93. The Morgan fingerprint density at radius 1 is 1.19 bits per heavy atom. The van der Waals surface area contributed by atoms with E-state index >= 15 is 0 Å². The van der Waals surface area contributed by atoms with Crippen molar-refractivity contribution in [2.45, 2.75) is 56.4 Å². The van der Waals surface area contributed by atoms with E-state index in [9.17, 15) is 0 Å². The quantitative estimate of drug-likeness (QED) is 0.836. The van der Waals surface area contributed by atoms with Crippen LogP contribution in [0.15, 0.2) is 35.4 Å². The fourth-order valence-corrected chi connectivity index (χ4v) is 4.68. The molecule has 0 amide bonds. The third kappa shape index (κ3) is 3.29. The van der Waals surface area contributed by atoms with Gasteiger partial charge in [-0.1, -0.05) is 39.0 Å². The number of hydrogen-bond acceptors (Lipinski definition) is 2. The summed E-state index contributed by atoms with van der Waals surface area (Å²) in [5.74, 6) is 0.777. The molecule has 0 radical (unpaired) electrons. The topological polar surface area (TPSA) is 41.8 Å². The van der Waals surface area contributed by atoms with Crippen LogP contribution < -0.4 is 5.73 Å². The van der Waals surface area contributed by atoms with Crippen LogP contribution in [0.3, 0.4) is 0 Å². The maximum atomic E-state index is 6.39. The second-order valence-electron chi connectivity index (χ2n) is 7.42. The Kier molecular flexibility index (Phi) is 4.06. The predicted molar refractivity (Wildman–Crippen MR) is 92.7 cm³/mol. The van der Waals surface area contributed by atoms with Crippen molar-refractivity contribution in [3.63, 3.8) is 0 Å². The summed E-state index contributed by atoms with van der Waals surface area (Å²) in [4.78, 5) is 3.52. The smallest absolute Gasteiger partial charge is 0.0735 e. The summed E-state index contributed by atoms with van der Waals surface area (Å²) in [7, 11) is 0. The van der Waals surface area contributed by atoms with Crippen molar-refractivity contribution >= 4 is 22.7 Å². The summed E-state index contributed by atoms with van der Waals surface area (Å²) in [6.07, 6.45) is 3.65. The maximum Gasteiger partial charge on any atom is 0.0735 e. The molecule has 114 valence electrons. The zero-order valence-electron chi connectivity index (χ0n) is 13.2. The summed E-state index contributed by atoms with van der Waals surface area (Å²) in [6, 6.07) is 11.0. The number of rotatable bonds is 2. The molecule has 1 aliphatic rings. The monoisotopic (exact) mass is 302 g/mol. The van der Waals surface area contributed by atoms with E-state index in [1.54, 1.807) is 0 Å². The zero-order chi connectivity index (χ0) is 15.0. The molecular weight excluding hydrogens is 276 g/mol. The van der Waals surface area contributed by atoms with Crippen molar-refractivity contribution < 1.29 is 0 Å². The normalized spacial score (nSPS) is 27.1. The van der Waals surface area contributed by atoms with Crippen LogP contribution in [0.1, 0.15) is 40.0 Å². The summed E-state index contributed by atoms with van der Waals surface area (Å²) < 4.78 is 0. The van der Waals surface area contributed by atoms with Crippen molar-refractivity contribution in [2.75, 3.05) is 0 Å². The lowest BCUT2D eigenvalue weighted by Gasteiger charge is -2.40. The Labute approximate surface area is 131 Å². The van der Waals surface area contributed by atoms with Gasteiger partial charge in [0, 0.05) is 22.2 Å². The molecule has 3 atom stereocenters. The molecule has 1 heterocycles. The van der Waals surface area contributed by atoms with Gasteiger partial charge in [-0.25, -0.2) is 0 Å². The van der Waals surface area contributed by atoms with E-state index in [4.69, 9.17) is 5.73 Å². The lowest BCUT2D eigenvalue weighted by molar-refractivity contribution is 0.174. The van der Waals surface area contributed by atoms with E-state index in [0.29, 0.717) is 16.7 Å². The van der Waals surface area contributed by atoms with Gasteiger partial charge in [-0.3, -0.25) is 0 Å². The fourth-order valence-electron chi connectivity index (χ4n) is 3.35. The van der Waals surface area contributed by atoms with Gasteiger partial charge in [0.2, 0.25) is 0 Å². The number of aromatic amines is 1. The molecule has 3 heteroatoms. The summed E-state index contributed by atoms with van der Waals surface area (Å²) in [5.41, 5.74) is 8.00. The van der Waals surface area contributed by atoms with Gasteiger partial charge >= 0.3 is 0 Å². The molecule has 2 nitrogen and oxygen atoms in total. The molecule has 1 fully saturated rings. The van der Waals surface area contributed by atoms with E-state index in [1.807, 2.05) is 11.8 Å². The second kappa shape index (κ2) is 5.69. The number of fused-ring (bicyclic) bond motifs is 1. The van der Waals surface area contributed by atoms with Crippen LogP contribution in [0, 0.1) is 11.3 Å². The van der Waals surface area contributed by atoms with Crippen LogP contribution in [-0.2, 0) is 0 Å². The Balaban J connectivity index is 1.75. The van der Waals surface area contributed by atoms with Crippen molar-refractivity contribution in [1.29, 1.82) is 0 Å². The minimum absolute atomic E-state index is 0.319. The molecular formula is C18H26N2S. The van der Waals surface area contributed by atoms with Crippen LogP contribution in [0.2, 0.25) is 0 Å². The number of para-hydroxylation sites is 1. The standard InChI is InChI=1S/C18H26N2S/c1-18(2,3)13-8-9-14(19)16(11-13)21-17-10-12-6-4-5-7-15(12)20-17/h4-7,10,13-14,16,20H,8-9,11,19H2,1-3H3.